The standard InChI is InChI=1S/C18H22FN5O3S/c19-16-5-1-2-6-17(16)28(26,27)24-13-11-22(12-14-24)15-18(25)23(9-3-7-20)10-4-8-21/h1-2,5-6H,3-4,9-15H2. The lowest BCUT2D eigenvalue weighted by molar-refractivity contribution is -0.132. The monoisotopic (exact) mass is 407 g/mol. The number of nitriles is 2. The molecule has 1 aliphatic rings. The van der Waals surface area contributed by atoms with Crippen molar-refractivity contribution in [3.63, 3.8) is 0 Å². The fraction of sp³-hybridized carbons (Fsp3) is 0.500. The molecule has 0 saturated carbocycles. The molecular weight excluding hydrogens is 385 g/mol. The minimum atomic E-state index is -3.92. The summed E-state index contributed by atoms with van der Waals surface area (Å²) in [6.45, 7) is 1.59. The predicted octanol–water partition coefficient (Wildman–Crippen LogP) is 0.788. The third kappa shape index (κ3) is 5.49. The van der Waals surface area contributed by atoms with Crippen LogP contribution in [0.1, 0.15) is 12.8 Å². The minimum Gasteiger partial charge on any atom is -0.340 e. The Bertz CT molecular complexity index is 852. The molecule has 10 heteroatoms. The minimum absolute atomic E-state index is 0.0877. The Kier molecular flexibility index (Phi) is 7.88. The van der Waals surface area contributed by atoms with Gasteiger partial charge in [-0.2, -0.15) is 14.8 Å². The molecule has 1 aromatic carbocycles. The van der Waals surface area contributed by atoms with Crippen LogP contribution in [-0.4, -0.2) is 74.2 Å². The van der Waals surface area contributed by atoms with Gasteiger partial charge in [0, 0.05) is 39.3 Å². The Balaban J connectivity index is 1.94. The summed E-state index contributed by atoms with van der Waals surface area (Å²) in [6.07, 6.45) is 0.373. The molecule has 1 aromatic rings. The number of amides is 1. The summed E-state index contributed by atoms with van der Waals surface area (Å²) in [4.78, 5) is 15.4. The molecule has 0 unspecified atom stereocenters. The van der Waals surface area contributed by atoms with E-state index in [0.717, 1.165) is 6.07 Å². The van der Waals surface area contributed by atoms with Gasteiger partial charge in [0.15, 0.2) is 0 Å². The van der Waals surface area contributed by atoms with E-state index >= 15 is 0 Å². The zero-order chi connectivity index (χ0) is 20.6. The van der Waals surface area contributed by atoms with Gasteiger partial charge in [0.2, 0.25) is 15.9 Å². The van der Waals surface area contributed by atoms with Crippen molar-refractivity contribution in [2.75, 3.05) is 45.8 Å². The third-order valence-corrected chi connectivity index (χ3v) is 6.42. The van der Waals surface area contributed by atoms with Gasteiger partial charge in [-0.15, -0.1) is 0 Å². The maximum atomic E-state index is 13.9. The van der Waals surface area contributed by atoms with Crippen LogP contribution in [-0.2, 0) is 14.8 Å². The summed E-state index contributed by atoms with van der Waals surface area (Å²) in [6, 6.07) is 9.22. The van der Waals surface area contributed by atoms with Crippen molar-refractivity contribution in [2.24, 2.45) is 0 Å². The lowest BCUT2D eigenvalue weighted by atomic mass is 10.3. The molecular formula is C18H22FN5O3S. The van der Waals surface area contributed by atoms with Gasteiger partial charge in [-0.05, 0) is 12.1 Å². The zero-order valence-corrected chi connectivity index (χ0v) is 16.2. The van der Waals surface area contributed by atoms with Crippen molar-refractivity contribution in [1.29, 1.82) is 10.5 Å². The third-order valence-electron chi connectivity index (χ3n) is 4.48. The number of benzene rings is 1. The molecule has 8 nitrogen and oxygen atoms in total. The second-order valence-electron chi connectivity index (χ2n) is 6.31. The fourth-order valence-corrected chi connectivity index (χ4v) is 4.43. The Hall–Kier alpha value is -2.53. The van der Waals surface area contributed by atoms with Crippen LogP contribution in [0.3, 0.4) is 0 Å². The maximum absolute atomic E-state index is 13.9. The molecule has 0 radical (unpaired) electrons. The summed E-state index contributed by atoms with van der Waals surface area (Å²) in [5, 5.41) is 17.4. The van der Waals surface area contributed by atoms with E-state index in [0.29, 0.717) is 13.1 Å². The van der Waals surface area contributed by atoms with Crippen molar-refractivity contribution in [2.45, 2.75) is 17.7 Å². The van der Waals surface area contributed by atoms with E-state index in [-0.39, 0.29) is 56.4 Å². The first-order valence-electron chi connectivity index (χ1n) is 8.89. The quantitative estimate of drug-likeness (QED) is 0.630. The number of halogens is 1. The second-order valence-corrected chi connectivity index (χ2v) is 8.21. The highest BCUT2D eigenvalue weighted by atomic mass is 32.2. The van der Waals surface area contributed by atoms with Crippen LogP contribution in [0.15, 0.2) is 29.2 Å². The molecule has 150 valence electrons. The molecule has 0 aliphatic carbocycles. The second kappa shape index (κ2) is 10.1. The molecule has 0 aromatic heterocycles. The van der Waals surface area contributed by atoms with E-state index < -0.39 is 15.8 Å². The SMILES string of the molecule is N#CCCN(CCC#N)C(=O)CN1CCN(S(=O)(=O)c2ccccc2F)CC1. The van der Waals surface area contributed by atoms with Crippen LogP contribution in [0.2, 0.25) is 0 Å². The molecule has 1 aliphatic heterocycles. The Morgan fingerprint density at radius 2 is 1.64 bits per heavy atom. The van der Waals surface area contributed by atoms with Gasteiger partial charge in [-0.1, -0.05) is 12.1 Å². The van der Waals surface area contributed by atoms with E-state index in [2.05, 4.69) is 0 Å². The van der Waals surface area contributed by atoms with Gasteiger partial charge in [0.1, 0.15) is 10.7 Å². The van der Waals surface area contributed by atoms with E-state index in [9.17, 15) is 17.6 Å². The summed E-state index contributed by atoms with van der Waals surface area (Å²) in [5.74, 6) is -0.985. The summed E-state index contributed by atoms with van der Waals surface area (Å²) in [5.41, 5.74) is 0. The molecule has 1 heterocycles. The topological polar surface area (TPSA) is 109 Å². The highest BCUT2D eigenvalue weighted by Gasteiger charge is 2.31. The first-order chi connectivity index (χ1) is 13.4. The molecule has 2 rings (SSSR count). The lowest BCUT2D eigenvalue weighted by Crippen LogP contribution is -2.51. The largest absolute Gasteiger partial charge is 0.340 e. The molecule has 1 amide bonds. The number of piperazine rings is 1. The van der Waals surface area contributed by atoms with Gasteiger partial charge in [0.25, 0.3) is 0 Å². The summed E-state index contributed by atoms with van der Waals surface area (Å²) < 4.78 is 40.3. The van der Waals surface area contributed by atoms with Gasteiger partial charge in [0.05, 0.1) is 31.5 Å². The van der Waals surface area contributed by atoms with E-state index in [4.69, 9.17) is 10.5 Å². The van der Waals surface area contributed by atoms with Crippen LogP contribution >= 0.6 is 0 Å². The van der Waals surface area contributed by atoms with Gasteiger partial charge >= 0.3 is 0 Å². The molecule has 1 fully saturated rings. The first-order valence-corrected chi connectivity index (χ1v) is 10.3. The van der Waals surface area contributed by atoms with Crippen LogP contribution in [0.25, 0.3) is 0 Å². The average molecular weight is 407 g/mol. The molecule has 1 saturated heterocycles. The van der Waals surface area contributed by atoms with Crippen molar-refractivity contribution >= 4 is 15.9 Å². The van der Waals surface area contributed by atoms with Gasteiger partial charge in [-0.3, -0.25) is 9.69 Å². The molecule has 0 N–H and O–H groups in total. The fourth-order valence-electron chi connectivity index (χ4n) is 2.94. The summed E-state index contributed by atoms with van der Waals surface area (Å²) >= 11 is 0. The Morgan fingerprint density at radius 3 is 2.18 bits per heavy atom. The van der Waals surface area contributed by atoms with E-state index in [1.54, 1.807) is 0 Å². The van der Waals surface area contributed by atoms with Crippen LogP contribution in [0, 0.1) is 28.5 Å². The molecule has 0 atom stereocenters. The molecule has 28 heavy (non-hydrogen) atoms. The number of carbonyl (C=O) groups excluding carboxylic acids is 1. The van der Waals surface area contributed by atoms with Gasteiger partial charge < -0.3 is 4.90 Å². The van der Waals surface area contributed by atoms with Crippen LogP contribution in [0.4, 0.5) is 4.39 Å². The first kappa shape index (κ1) is 21.8. The lowest BCUT2D eigenvalue weighted by Gasteiger charge is -2.34. The van der Waals surface area contributed by atoms with E-state index in [1.807, 2.05) is 17.0 Å². The van der Waals surface area contributed by atoms with Crippen molar-refractivity contribution in [1.82, 2.24) is 14.1 Å². The highest BCUT2D eigenvalue weighted by molar-refractivity contribution is 7.89. The number of rotatable bonds is 8. The van der Waals surface area contributed by atoms with E-state index in [1.165, 1.54) is 27.4 Å². The van der Waals surface area contributed by atoms with Crippen molar-refractivity contribution in [3.8, 4) is 12.1 Å². The highest BCUT2D eigenvalue weighted by Crippen LogP contribution is 2.20. The van der Waals surface area contributed by atoms with Crippen LogP contribution in [0.5, 0.6) is 0 Å². The van der Waals surface area contributed by atoms with Crippen molar-refractivity contribution in [3.05, 3.63) is 30.1 Å². The average Bonchev–Trinajstić information content (AvgIpc) is 2.68. The number of nitrogens with zero attached hydrogens (tertiary/aromatic N) is 5. The Labute approximate surface area is 164 Å². The van der Waals surface area contributed by atoms with Crippen molar-refractivity contribution < 1.29 is 17.6 Å². The molecule has 0 spiro atoms. The number of hydrogen-bond donors (Lipinski definition) is 0. The molecule has 0 bridgehead atoms. The number of carbonyl (C=O) groups is 1. The van der Waals surface area contributed by atoms with Gasteiger partial charge in [-0.25, -0.2) is 12.8 Å². The predicted molar refractivity (Wildman–Crippen MR) is 98.6 cm³/mol. The smallest absolute Gasteiger partial charge is 0.246 e. The normalized spacial score (nSPS) is 15.5. The number of hydrogen-bond acceptors (Lipinski definition) is 6. The zero-order valence-electron chi connectivity index (χ0n) is 15.4. The van der Waals surface area contributed by atoms with Crippen LogP contribution < -0.4 is 0 Å². The Morgan fingerprint density at radius 1 is 1.07 bits per heavy atom. The summed E-state index contributed by atoms with van der Waals surface area (Å²) in [7, 11) is -3.92. The number of sulfonamides is 1. The maximum Gasteiger partial charge on any atom is 0.246 e.